The van der Waals surface area contributed by atoms with E-state index in [1.807, 2.05) is 81.4 Å². The van der Waals surface area contributed by atoms with Crippen molar-refractivity contribution in [1.82, 2.24) is 0 Å². The number of hydrogen-bond donors (Lipinski definition) is 1. The number of rotatable bonds is 3. The molecule has 3 aromatic carbocycles. The van der Waals surface area contributed by atoms with Gasteiger partial charge in [0.2, 0.25) is 0 Å². The van der Waals surface area contributed by atoms with Gasteiger partial charge < -0.3 is 5.11 Å². The first-order valence-corrected chi connectivity index (χ1v) is 10.5. The lowest BCUT2D eigenvalue weighted by atomic mass is 10.1. The van der Waals surface area contributed by atoms with E-state index in [4.69, 9.17) is 4.99 Å². The Bertz CT molecular complexity index is 1160. The van der Waals surface area contributed by atoms with Crippen molar-refractivity contribution in [2.24, 2.45) is 4.99 Å². The molecule has 1 heterocycles. The molecule has 0 unspecified atom stereocenters. The predicted molar refractivity (Wildman–Crippen MR) is 125 cm³/mol. The van der Waals surface area contributed by atoms with E-state index >= 15 is 0 Å². The first-order chi connectivity index (χ1) is 14.4. The predicted octanol–water partition coefficient (Wildman–Crippen LogP) is 6.13. The molecule has 1 aliphatic rings. The maximum absolute atomic E-state index is 13.3. The summed E-state index contributed by atoms with van der Waals surface area (Å²) in [7, 11) is 0. The van der Waals surface area contributed by atoms with Crippen LogP contribution < -0.4 is 4.90 Å². The SMILES string of the molecule is Cc1ccc(N=C2S/C(=C\c3ccc(O)c(C)c3)C(=O)N2c2ccc(C)cc2)cc1. The normalized spacial score (nSPS) is 16.6. The van der Waals surface area contributed by atoms with Crippen LogP contribution in [-0.2, 0) is 4.79 Å². The molecular formula is C25H22N2O2S. The molecular weight excluding hydrogens is 392 g/mol. The standard InChI is InChI=1S/C25H22N2O2S/c1-16-4-9-20(10-5-16)26-25-27(21-11-6-17(2)7-12-21)24(29)23(30-25)15-19-8-13-22(28)18(3)14-19/h4-15,28H,1-3H3/b23-15-,26-25?. The van der Waals surface area contributed by atoms with Gasteiger partial charge in [0.05, 0.1) is 16.3 Å². The lowest BCUT2D eigenvalue weighted by Gasteiger charge is -2.16. The summed E-state index contributed by atoms with van der Waals surface area (Å²) in [6.07, 6.45) is 1.85. The molecule has 0 aromatic heterocycles. The van der Waals surface area contributed by atoms with Gasteiger partial charge in [0.1, 0.15) is 5.75 Å². The molecule has 1 aliphatic heterocycles. The van der Waals surface area contributed by atoms with Crippen molar-refractivity contribution < 1.29 is 9.90 Å². The monoisotopic (exact) mass is 414 g/mol. The van der Waals surface area contributed by atoms with Crippen LogP contribution in [0.2, 0.25) is 0 Å². The van der Waals surface area contributed by atoms with E-state index in [1.54, 1.807) is 17.0 Å². The van der Waals surface area contributed by atoms with Crippen LogP contribution in [-0.4, -0.2) is 16.2 Å². The van der Waals surface area contributed by atoms with Crippen LogP contribution in [0.5, 0.6) is 5.75 Å². The molecule has 1 N–H and O–H groups in total. The van der Waals surface area contributed by atoms with Crippen molar-refractivity contribution >= 4 is 40.3 Å². The van der Waals surface area contributed by atoms with Crippen molar-refractivity contribution in [2.45, 2.75) is 20.8 Å². The number of phenols is 1. The fourth-order valence-corrected chi connectivity index (χ4v) is 4.12. The fraction of sp³-hybridized carbons (Fsp3) is 0.120. The molecule has 1 saturated heterocycles. The van der Waals surface area contributed by atoms with Gasteiger partial charge in [0.15, 0.2) is 5.17 Å². The van der Waals surface area contributed by atoms with Crippen molar-refractivity contribution in [2.75, 3.05) is 4.90 Å². The van der Waals surface area contributed by atoms with E-state index < -0.39 is 0 Å². The average molecular weight is 415 g/mol. The number of aromatic hydroxyl groups is 1. The van der Waals surface area contributed by atoms with Gasteiger partial charge in [-0.25, -0.2) is 4.99 Å². The highest BCUT2D eigenvalue weighted by Gasteiger charge is 2.34. The Labute approximate surface area is 180 Å². The number of aliphatic imine (C=N–C) groups is 1. The number of benzene rings is 3. The maximum atomic E-state index is 13.3. The highest BCUT2D eigenvalue weighted by atomic mass is 32.2. The third-order valence-electron chi connectivity index (χ3n) is 4.88. The van der Waals surface area contributed by atoms with Crippen LogP contribution in [0, 0.1) is 20.8 Å². The zero-order valence-corrected chi connectivity index (χ0v) is 17.9. The summed E-state index contributed by atoms with van der Waals surface area (Å²) in [6, 6.07) is 21.1. The van der Waals surface area contributed by atoms with E-state index in [1.165, 1.54) is 11.8 Å². The molecule has 150 valence electrons. The third kappa shape index (κ3) is 4.16. The van der Waals surface area contributed by atoms with Gasteiger partial charge >= 0.3 is 0 Å². The summed E-state index contributed by atoms with van der Waals surface area (Å²) in [5, 5.41) is 10.4. The van der Waals surface area contributed by atoms with E-state index in [2.05, 4.69) is 0 Å². The van der Waals surface area contributed by atoms with Gasteiger partial charge in [-0.15, -0.1) is 0 Å². The number of hydrogen-bond acceptors (Lipinski definition) is 4. The van der Waals surface area contributed by atoms with E-state index in [-0.39, 0.29) is 11.7 Å². The average Bonchev–Trinajstić information content (AvgIpc) is 3.02. The zero-order chi connectivity index (χ0) is 21.3. The summed E-state index contributed by atoms with van der Waals surface area (Å²) in [4.78, 5) is 20.3. The Morgan fingerprint density at radius 3 is 2.17 bits per heavy atom. The Balaban J connectivity index is 1.77. The number of nitrogens with zero attached hydrogens (tertiary/aromatic N) is 2. The molecule has 0 saturated carbocycles. The summed E-state index contributed by atoms with van der Waals surface area (Å²) in [5.41, 5.74) is 5.51. The molecule has 30 heavy (non-hydrogen) atoms. The Morgan fingerprint density at radius 2 is 1.53 bits per heavy atom. The smallest absolute Gasteiger partial charge is 0.271 e. The number of aryl methyl sites for hydroxylation is 3. The Hall–Kier alpha value is -3.31. The van der Waals surface area contributed by atoms with Crippen LogP contribution in [0.3, 0.4) is 0 Å². The molecule has 1 amide bonds. The minimum absolute atomic E-state index is 0.111. The number of amides is 1. The van der Waals surface area contributed by atoms with Crippen LogP contribution in [0.25, 0.3) is 6.08 Å². The molecule has 0 aliphatic carbocycles. The molecule has 0 spiro atoms. The highest BCUT2D eigenvalue weighted by molar-refractivity contribution is 8.19. The summed E-state index contributed by atoms with van der Waals surface area (Å²) < 4.78 is 0. The minimum Gasteiger partial charge on any atom is -0.508 e. The summed E-state index contributed by atoms with van der Waals surface area (Å²) in [5.74, 6) is 0.130. The quantitative estimate of drug-likeness (QED) is 0.525. The van der Waals surface area contributed by atoms with Gasteiger partial charge in [-0.05, 0) is 86.1 Å². The number of carbonyl (C=O) groups excluding carboxylic acids is 1. The van der Waals surface area contributed by atoms with Crippen LogP contribution in [0.1, 0.15) is 22.3 Å². The number of anilines is 1. The molecule has 0 radical (unpaired) electrons. The molecule has 5 heteroatoms. The van der Waals surface area contributed by atoms with Gasteiger partial charge in [0, 0.05) is 0 Å². The Kier molecular flexibility index (Phi) is 5.46. The van der Waals surface area contributed by atoms with Crippen LogP contribution >= 0.6 is 11.8 Å². The van der Waals surface area contributed by atoms with Crippen molar-refractivity contribution in [3.63, 3.8) is 0 Å². The number of carbonyl (C=O) groups is 1. The van der Waals surface area contributed by atoms with E-state index in [0.717, 1.165) is 33.6 Å². The van der Waals surface area contributed by atoms with Crippen LogP contribution in [0.15, 0.2) is 76.6 Å². The van der Waals surface area contributed by atoms with E-state index in [0.29, 0.717) is 10.1 Å². The minimum atomic E-state index is -0.111. The molecule has 0 bridgehead atoms. The maximum Gasteiger partial charge on any atom is 0.271 e. The second-order valence-corrected chi connectivity index (χ2v) is 8.37. The van der Waals surface area contributed by atoms with Gasteiger partial charge in [-0.1, -0.05) is 41.5 Å². The first kappa shape index (κ1) is 20.0. The highest BCUT2D eigenvalue weighted by Crippen LogP contribution is 2.37. The third-order valence-corrected chi connectivity index (χ3v) is 5.84. The molecule has 3 aromatic rings. The largest absolute Gasteiger partial charge is 0.508 e. The van der Waals surface area contributed by atoms with Gasteiger partial charge in [-0.2, -0.15) is 0 Å². The number of thioether (sulfide) groups is 1. The Morgan fingerprint density at radius 1 is 0.900 bits per heavy atom. The lowest BCUT2D eigenvalue weighted by molar-refractivity contribution is -0.113. The second-order valence-electron chi connectivity index (χ2n) is 7.36. The fourth-order valence-electron chi connectivity index (χ4n) is 3.12. The summed E-state index contributed by atoms with van der Waals surface area (Å²) >= 11 is 1.35. The second kappa shape index (κ2) is 8.20. The number of amidine groups is 1. The number of phenolic OH excluding ortho intramolecular Hbond substituents is 1. The lowest BCUT2D eigenvalue weighted by Crippen LogP contribution is -2.28. The topological polar surface area (TPSA) is 52.9 Å². The van der Waals surface area contributed by atoms with Crippen molar-refractivity contribution in [1.29, 1.82) is 0 Å². The first-order valence-electron chi connectivity index (χ1n) is 9.66. The van der Waals surface area contributed by atoms with Gasteiger partial charge in [0.25, 0.3) is 5.91 Å². The van der Waals surface area contributed by atoms with Gasteiger partial charge in [-0.3, -0.25) is 9.69 Å². The van der Waals surface area contributed by atoms with Crippen molar-refractivity contribution in [3.05, 3.63) is 93.9 Å². The van der Waals surface area contributed by atoms with Crippen LogP contribution in [0.4, 0.5) is 11.4 Å². The molecule has 0 atom stereocenters. The molecule has 4 nitrogen and oxygen atoms in total. The van der Waals surface area contributed by atoms with E-state index in [9.17, 15) is 9.90 Å². The molecule has 1 fully saturated rings. The zero-order valence-electron chi connectivity index (χ0n) is 17.1. The summed E-state index contributed by atoms with van der Waals surface area (Å²) in [6.45, 7) is 5.89. The molecule has 4 rings (SSSR count). The van der Waals surface area contributed by atoms with Crippen molar-refractivity contribution in [3.8, 4) is 5.75 Å².